The maximum atomic E-state index is 13.3. The molecule has 1 fully saturated rings. The molecule has 1 saturated heterocycles. The first-order chi connectivity index (χ1) is 15.9. The van der Waals surface area contributed by atoms with Crippen molar-refractivity contribution in [2.45, 2.75) is 44.2 Å². The molecule has 10 heteroatoms. The number of carbonyl (C=O) groups excluding carboxylic acids is 1. The van der Waals surface area contributed by atoms with E-state index in [9.17, 15) is 13.2 Å². The van der Waals surface area contributed by atoms with E-state index in [0.717, 1.165) is 29.8 Å². The van der Waals surface area contributed by atoms with E-state index >= 15 is 0 Å². The number of ether oxygens (including phenoxy) is 1. The average Bonchev–Trinajstić information content (AvgIpc) is 3.25. The zero-order valence-corrected chi connectivity index (χ0v) is 19.7. The summed E-state index contributed by atoms with van der Waals surface area (Å²) in [6.45, 7) is 3.69. The van der Waals surface area contributed by atoms with E-state index in [-0.39, 0.29) is 17.3 Å². The summed E-state index contributed by atoms with van der Waals surface area (Å²) in [6.07, 6.45) is 2.19. The van der Waals surface area contributed by atoms with Crippen LogP contribution < -0.4 is 10.1 Å². The fourth-order valence-corrected chi connectivity index (χ4v) is 5.67. The SMILES string of the molecule is CCCn1nnc2cc(S(=O)(=O)N3CCCC(C(=O)NCc4cccc(OC)c4)C3)ccc21. The van der Waals surface area contributed by atoms with Gasteiger partial charge >= 0.3 is 0 Å². The van der Waals surface area contributed by atoms with Crippen molar-refractivity contribution in [2.24, 2.45) is 5.92 Å². The van der Waals surface area contributed by atoms with E-state index in [1.807, 2.05) is 31.2 Å². The maximum Gasteiger partial charge on any atom is 0.243 e. The highest BCUT2D eigenvalue weighted by atomic mass is 32.2. The number of rotatable bonds is 8. The fourth-order valence-electron chi connectivity index (χ4n) is 4.13. The number of amides is 1. The lowest BCUT2D eigenvalue weighted by molar-refractivity contribution is -0.126. The molecule has 33 heavy (non-hydrogen) atoms. The number of fused-ring (bicyclic) bond motifs is 1. The first kappa shape index (κ1) is 23.2. The number of hydrogen-bond donors (Lipinski definition) is 1. The maximum absolute atomic E-state index is 13.3. The minimum Gasteiger partial charge on any atom is -0.497 e. The predicted octanol–water partition coefficient (Wildman–Crippen LogP) is 2.57. The van der Waals surface area contributed by atoms with Gasteiger partial charge in [0.1, 0.15) is 11.3 Å². The molecule has 4 rings (SSSR count). The molecule has 0 radical (unpaired) electrons. The first-order valence-electron chi connectivity index (χ1n) is 11.2. The van der Waals surface area contributed by atoms with Gasteiger partial charge in [-0.15, -0.1) is 5.10 Å². The number of methoxy groups -OCH3 is 1. The van der Waals surface area contributed by atoms with E-state index in [1.165, 1.54) is 4.31 Å². The first-order valence-corrected chi connectivity index (χ1v) is 12.6. The zero-order chi connectivity index (χ0) is 23.4. The van der Waals surface area contributed by atoms with Gasteiger partial charge in [0.05, 0.1) is 23.4 Å². The number of aryl methyl sites for hydroxylation is 1. The lowest BCUT2D eigenvalue weighted by atomic mass is 9.99. The summed E-state index contributed by atoms with van der Waals surface area (Å²) in [5.74, 6) is 0.187. The van der Waals surface area contributed by atoms with Crippen LogP contribution in [0.4, 0.5) is 0 Å². The Morgan fingerprint density at radius 3 is 2.88 bits per heavy atom. The highest BCUT2D eigenvalue weighted by Crippen LogP contribution is 2.26. The predicted molar refractivity (Wildman–Crippen MR) is 124 cm³/mol. The molecular formula is C23H29N5O4S. The third-order valence-corrected chi connectivity index (χ3v) is 7.78. The van der Waals surface area contributed by atoms with E-state index in [0.29, 0.717) is 31.4 Å². The number of sulfonamides is 1. The van der Waals surface area contributed by atoms with Crippen molar-refractivity contribution in [3.63, 3.8) is 0 Å². The molecule has 1 aromatic heterocycles. The molecule has 1 unspecified atom stereocenters. The van der Waals surface area contributed by atoms with Crippen molar-refractivity contribution in [1.82, 2.24) is 24.6 Å². The third kappa shape index (κ3) is 5.01. The smallest absolute Gasteiger partial charge is 0.243 e. The molecule has 0 bridgehead atoms. The van der Waals surface area contributed by atoms with Crippen LogP contribution in [-0.4, -0.2) is 53.8 Å². The fraction of sp³-hybridized carbons (Fsp3) is 0.435. The van der Waals surface area contributed by atoms with E-state index in [4.69, 9.17) is 4.74 Å². The van der Waals surface area contributed by atoms with Crippen LogP contribution in [0.5, 0.6) is 5.75 Å². The molecule has 2 heterocycles. The summed E-state index contributed by atoms with van der Waals surface area (Å²) in [7, 11) is -2.14. The van der Waals surface area contributed by atoms with Crippen LogP contribution in [0, 0.1) is 5.92 Å². The number of nitrogens with one attached hydrogen (secondary N) is 1. The molecule has 1 aliphatic rings. The van der Waals surface area contributed by atoms with Crippen LogP contribution in [-0.2, 0) is 27.9 Å². The van der Waals surface area contributed by atoms with Crippen molar-refractivity contribution in [1.29, 1.82) is 0 Å². The van der Waals surface area contributed by atoms with Crippen LogP contribution in [0.25, 0.3) is 11.0 Å². The van der Waals surface area contributed by atoms with Crippen LogP contribution in [0.1, 0.15) is 31.7 Å². The van der Waals surface area contributed by atoms with Gasteiger partial charge in [0, 0.05) is 26.2 Å². The highest BCUT2D eigenvalue weighted by molar-refractivity contribution is 7.89. The van der Waals surface area contributed by atoms with Crippen molar-refractivity contribution < 1.29 is 17.9 Å². The number of piperidine rings is 1. The van der Waals surface area contributed by atoms with Gasteiger partial charge in [-0.3, -0.25) is 4.79 Å². The molecule has 1 aliphatic heterocycles. The summed E-state index contributed by atoms with van der Waals surface area (Å²) in [5, 5.41) is 11.2. The zero-order valence-electron chi connectivity index (χ0n) is 18.9. The van der Waals surface area contributed by atoms with E-state index in [2.05, 4.69) is 15.6 Å². The Labute approximate surface area is 193 Å². The Morgan fingerprint density at radius 2 is 2.09 bits per heavy atom. The standard InChI is InChI=1S/C23H29N5O4S/c1-3-11-28-22-10-9-20(14-21(22)25-26-28)33(30,31)27-12-5-7-18(16-27)23(29)24-15-17-6-4-8-19(13-17)32-2/h4,6,8-10,13-14,18H,3,5,7,11-12,15-16H2,1-2H3,(H,24,29). The van der Waals surface area contributed by atoms with Gasteiger partial charge in [-0.05, 0) is 55.2 Å². The van der Waals surface area contributed by atoms with Crippen molar-refractivity contribution >= 4 is 27.0 Å². The Hall–Kier alpha value is -2.98. The summed E-state index contributed by atoms with van der Waals surface area (Å²) in [4.78, 5) is 13.0. The molecule has 1 N–H and O–H groups in total. The van der Waals surface area contributed by atoms with Gasteiger partial charge in [0.15, 0.2) is 0 Å². The molecular weight excluding hydrogens is 442 g/mol. The second-order valence-corrected chi connectivity index (χ2v) is 10.2. The number of hydrogen-bond acceptors (Lipinski definition) is 6. The molecule has 0 saturated carbocycles. The highest BCUT2D eigenvalue weighted by Gasteiger charge is 2.33. The van der Waals surface area contributed by atoms with Crippen LogP contribution in [0.15, 0.2) is 47.4 Å². The van der Waals surface area contributed by atoms with Crippen LogP contribution >= 0.6 is 0 Å². The third-order valence-electron chi connectivity index (χ3n) is 5.91. The Kier molecular flexibility index (Phi) is 6.94. The molecule has 3 aromatic rings. The number of nitrogens with zero attached hydrogens (tertiary/aromatic N) is 4. The summed E-state index contributed by atoms with van der Waals surface area (Å²) < 4.78 is 35.0. The lowest BCUT2D eigenvalue weighted by Gasteiger charge is -2.31. The number of aromatic nitrogens is 3. The minimum absolute atomic E-state index is 0.143. The van der Waals surface area contributed by atoms with Crippen molar-refractivity contribution in [3.05, 3.63) is 48.0 Å². The summed E-state index contributed by atoms with van der Waals surface area (Å²) in [6, 6.07) is 12.4. The van der Waals surface area contributed by atoms with Crippen molar-refractivity contribution in [2.75, 3.05) is 20.2 Å². The largest absolute Gasteiger partial charge is 0.497 e. The lowest BCUT2D eigenvalue weighted by Crippen LogP contribution is -2.45. The molecule has 0 aliphatic carbocycles. The molecule has 176 valence electrons. The monoisotopic (exact) mass is 471 g/mol. The van der Waals surface area contributed by atoms with Gasteiger partial charge in [-0.1, -0.05) is 24.3 Å². The summed E-state index contributed by atoms with van der Waals surface area (Å²) >= 11 is 0. The second-order valence-electron chi connectivity index (χ2n) is 8.23. The van der Waals surface area contributed by atoms with Gasteiger partial charge in [-0.2, -0.15) is 4.31 Å². The number of benzene rings is 2. The minimum atomic E-state index is -3.74. The Morgan fingerprint density at radius 1 is 1.24 bits per heavy atom. The molecule has 0 spiro atoms. The van der Waals surface area contributed by atoms with Gasteiger partial charge in [0.2, 0.25) is 15.9 Å². The van der Waals surface area contributed by atoms with Crippen LogP contribution in [0.3, 0.4) is 0 Å². The number of carbonyl (C=O) groups is 1. The van der Waals surface area contributed by atoms with Crippen LogP contribution in [0.2, 0.25) is 0 Å². The molecule has 2 aromatic carbocycles. The van der Waals surface area contributed by atoms with Gasteiger partial charge in [-0.25, -0.2) is 13.1 Å². The Balaban J connectivity index is 1.44. The normalized spacial score (nSPS) is 17.2. The van der Waals surface area contributed by atoms with Crippen molar-refractivity contribution in [3.8, 4) is 5.75 Å². The molecule has 1 atom stereocenters. The summed E-state index contributed by atoms with van der Waals surface area (Å²) in [5.41, 5.74) is 2.28. The van der Waals surface area contributed by atoms with E-state index in [1.54, 1.807) is 30.0 Å². The molecule has 9 nitrogen and oxygen atoms in total. The second kappa shape index (κ2) is 9.88. The average molecular weight is 472 g/mol. The topological polar surface area (TPSA) is 106 Å². The van der Waals surface area contributed by atoms with E-state index < -0.39 is 15.9 Å². The Bertz CT molecular complexity index is 1240. The quantitative estimate of drug-likeness (QED) is 0.541. The van der Waals surface area contributed by atoms with Gasteiger partial charge in [0.25, 0.3) is 0 Å². The van der Waals surface area contributed by atoms with Gasteiger partial charge < -0.3 is 10.1 Å². The molecule has 1 amide bonds.